The molecule has 2 aromatic carbocycles. The van der Waals surface area contributed by atoms with Crippen LogP contribution < -0.4 is 5.32 Å². The summed E-state index contributed by atoms with van der Waals surface area (Å²) in [7, 11) is 0. The number of thiophene rings is 1. The van der Waals surface area contributed by atoms with Crippen LogP contribution in [0, 0.1) is 6.92 Å². The predicted molar refractivity (Wildman–Crippen MR) is 109 cm³/mol. The summed E-state index contributed by atoms with van der Waals surface area (Å²) in [4.78, 5) is 20.9. The van der Waals surface area contributed by atoms with E-state index in [9.17, 15) is 9.90 Å². The number of hydrogen-bond acceptors (Lipinski definition) is 5. The van der Waals surface area contributed by atoms with Gasteiger partial charge in [-0.1, -0.05) is 41.4 Å². The highest BCUT2D eigenvalue weighted by Crippen LogP contribution is 2.37. The molecule has 2 aromatic heterocycles. The SMILES string of the molecule is Cc1ccc(-c2csc3ncnc(Nc4ccc(Cl)c(C(=O)O)c4)c23)cc1. The van der Waals surface area contributed by atoms with Crippen molar-refractivity contribution in [3.63, 3.8) is 0 Å². The monoisotopic (exact) mass is 395 g/mol. The lowest BCUT2D eigenvalue weighted by atomic mass is 10.0. The second kappa shape index (κ2) is 6.98. The second-order valence-corrected chi connectivity index (χ2v) is 7.31. The van der Waals surface area contributed by atoms with Gasteiger partial charge in [0.25, 0.3) is 0 Å². The Kier molecular flexibility index (Phi) is 4.51. The molecule has 7 heteroatoms. The molecule has 0 aliphatic heterocycles. The minimum Gasteiger partial charge on any atom is -0.478 e. The van der Waals surface area contributed by atoms with E-state index in [2.05, 4.69) is 44.9 Å². The minimum atomic E-state index is -1.08. The fourth-order valence-corrected chi connectivity index (χ4v) is 3.93. The maximum Gasteiger partial charge on any atom is 0.337 e. The lowest BCUT2D eigenvalue weighted by molar-refractivity contribution is 0.0697. The first kappa shape index (κ1) is 17.5. The van der Waals surface area contributed by atoms with E-state index in [1.54, 1.807) is 23.5 Å². The maximum atomic E-state index is 11.3. The van der Waals surface area contributed by atoms with Gasteiger partial charge < -0.3 is 10.4 Å². The van der Waals surface area contributed by atoms with Crippen LogP contribution in [0.3, 0.4) is 0 Å². The molecule has 2 heterocycles. The minimum absolute atomic E-state index is 0.0380. The molecular formula is C20H14ClN3O2S. The van der Waals surface area contributed by atoms with E-state index in [1.165, 1.54) is 18.0 Å². The van der Waals surface area contributed by atoms with E-state index in [4.69, 9.17) is 11.6 Å². The zero-order chi connectivity index (χ0) is 19.0. The number of carbonyl (C=O) groups is 1. The van der Waals surface area contributed by atoms with Crippen molar-refractivity contribution in [2.24, 2.45) is 0 Å². The van der Waals surface area contributed by atoms with Gasteiger partial charge in [0.1, 0.15) is 17.0 Å². The highest BCUT2D eigenvalue weighted by atomic mass is 35.5. The normalized spacial score (nSPS) is 10.9. The van der Waals surface area contributed by atoms with Crippen molar-refractivity contribution < 1.29 is 9.90 Å². The third-order valence-electron chi connectivity index (χ3n) is 4.19. The van der Waals surface area contributed by atoms with Gasteiger partial charge in [-0.15, -0.1) is 11.3 Å². The zero-order valence-electron chi connectivity index (χ0n) is 14.2. The Labute approximate surface area is 164 Å². The number of carboxylic acids is 1. The average molecular weight is 396 g/mol. The molecule has 0 aliphatic rings. The van der Waals surface area contributed by atoms with Crippen LogP contribution in [-0.4, -0.2) is 21.0 Å². The van der Waals surface area contributed by atoms with Gasteiger partial charge in [0.15, 0.2) is 0 Å². The van der Waals surface area contributed by atoms with Crippen molar-refractivity contribution in [1.82, 2.24) is 9.97 Å². The number of carboxylic acid groups (broad SMARTS) is 1. The van der Waals surface area contributed by atoms with E-state index in [-0.39, 0.29) is 10.6 Å². The number of hydrogen-bond donors (Lipinski definition) is 2. The Hall–Kier alpha value is -2.96. The number of anilines is 2. The first-order valence-corrected chi connectivity index (χ1v) is 9.38. The van der Waals surface area contributed by atoms with Crippen molar-refractivity contribution in [3.8, 4) is 11.1 Å². The van der Waals surface area contributed by atoms with Crippen LogP contribution in [0.4, 0.5) is 11.5 Å². The van der Waals surface area contributed by atoms with E-state index in [0.717, 1.165) is 21.3 Å². The quantitative estimate of drug-likeness (QED) is 0.459. The molecule has 0 amide bonds. The zero-order valence-corrected chi connectivity index (χ0v) is 15.8. The molecule has 0 bridgehead atoms. The van der Waals surface area contributed by atoms with Crippen molar-refractivity contribution in [2.75, 3.05) is 5.32 Å². The van der Waals surface area contributed by atoms with Gasteiger partial charge in [-0.05, 0) is 30.7 Å². The van der Waals surface area contributed by atoms with Crippen molar-refractivity contribution in [1.29, 1.82) is 0 Å². The first-order valence-electron chi connectivity index (χ1n) is 8.12. The highest BCUT2D eigenvalue weighted by molar-refractivity contribution is 7.17. The molecular weight excluding hydrogens is 382 g/mol. The maximum absolute atomic E-state index is 11.3. The first-order chi connectivity index (χ1) is 13.0. The summed E-state index contributed by atoms with van der Waals surface area (Å²) in [6.07, 6.45) is 1.49. The Morgan fingerprint density at radius 1 is 1.15 bits per heavy atom. The van der Waals surface area contributed by atoms with E-state index in [0.29, 0.717) is 11.5 Å². The molecule has 0 atom stereocenters. The lowest BCUT2D eigenvalue weighted by Crippen LogP contribution is -2.00. The molecule has 134 valence electrons. The Bertz CT molecular complexity index is 1160. The van der Waals surface area contributed by atoms with Gasteiger partial charge in [-0.2, -0.15) is 0 Å². The van der Waals surface area contributed by atoms with E-state index >= 15 is 0 Å². The fraction of sp³-hybridized carbons (Fsp3) is 0.0500. The topological polar surface area (TPSA) is 75.1 Å². The predicted octanol–water partition coefficient (Wildman–Crippen LogP) is 5.76. The molecule has 5 nitrogen and oxygen atoms in total. The van der Waals surface area contributed by atoms with Crippen LogP contribution in [0.15, 0.2) is 54.2 Å². The molecule has 4 aromatic rings. The van der Waals surface area contributed by atoms with E-state index < -0.39 is 5.97 Å². The second-order valence-electron chi connectivity index (χ2n) is 6.04. The number of benzene rings is 2. The molecule has 0 saturated carbocycles. The molecule has 0 spiro atoms. The number of aromatic nitrogens is 2. The van der Waals surface area contributed by atoms with E-state index in [1.807, 2.05) is 6.92 Å². The average Bonchev–Trinajstić information content (AvgIpc) is 3.09. The van der Waals surface area contributed by atoms with Crippen molar-refractivity contribution in [2.45, 2.75) is 6.92 Å². The lowest BCUT2D eigenvalue weighted by Gasteiger charge is -2.10. The Morgan fingerprint density at radius 3 is 2.67 bits per heavy atom. The highest BCUT2D eigenvalue weighted by Gasteiger charge is 2.15. The molecule has 0 saturated heterocycles. The van der Waals surface area contributed by atoms with Gasteiger partial charge in [-0.25, -0.2) is 14.8 Å². The summed E-state index contributed by atoms with van der Waals surface area (Å²) < 4.78 is 0. The van der Waals surface area contributed by atoms with Crippen LogP contribution in [0.1, 0.15) is 15.9 Å². The molecule has 2 N–H and O–H groups in total. The van der Waals surface area contributed by atoms with Gasteiger partial charge in [-0.3, -0.25) is 0 Å². The number of rotatable bonds is 4. The van der Waals surface area contributed by atoms with Crippen LogP contribution in [0.25, 0.3) is 21.3 Å². The smallest absolute Gasteiger partial charge is 0.337 e. The number of aryl methyl sites for hydroxylation is 1. The molecule has 27 heavy (non-hydrogen) atoms. The summed E-state index contributed by atoms with van der Waals surface area (Å²) >= 11 is 7.50. The van der Waals surface area contributed by atoms with Gasteiger partial charge in [0.2, 0.25) is 0 Å². The summed E-state index contributed by atoms with van der Waals surface area (Å²) in [5.41, 5.74) is 3.93. The molecule has 0 radical (unpaired) electrons. The van der Waals surface area contributed by atoms with Crippen LogP contribution in [0.2, 0.25) is 5.02 Å². The largest absolute Gasteiger partial charge is 0.478 e. The van der Waals surface area contributed by atoms with Gasteiger partial charge in [0.05, 0.1) is 16.0 Å². The van der Waals surface area contributed by atoms with Crippen LogP contribution >= 0.6 is 22.9 Å². The third-order valence-corrected chi connectivity index (χ3v) is 5.41. The van der Waals surface area contributed by atoms with Crippen LogP contribution in [-0.2, 0) is 0 Å². The number of nitrogens with zero attached hydrogens (tertiary/aromatic N) is 2. The number of aromatic carboxylic acids is 1. The number of nitrogens with one attached hydrogen (secondary N) is 1. The molecule has 0 unspecified atom stereocenters. The Balaban J connectivity index is 1.81. The van der Waals surface area contributed by atoms with Gasteiger partial charge >= 0.3 is 5.97 Å². The number of fused-ring (bicyclic) bond motifs is 1. The summed E-state index contributed by atoms with van der Waals surface area (Å²) in [6.45, 7) is 2.05. The van der Waals surface area contributed by atoms with Gasteiger partial charge in [0, 0.05) is 16.6 Å². The molecule has 0 aliphatic carbocycles. The third kappa shape index (κ3) is 3.37. The van der Waals surface area contributed by atoms with Crippen molar-refractivity contribution >= 4 is 50.6 Å². The molecule has 0 fully saturated rings. The Morgan fingerprint density at radius 2 is 1.93 bits per heavy atom. The fourth-order valence-electron chi connectivity index (χ4n) is 2.82. The summed E-state index contributed by atoms with van der Waals surface area (Å²) in [5, 5.41) is 15.6. The molecule has 4 rings (SSSR count). The summed E-state index contributed by atoms with van der Waals surface area (Å²) in [6, 6.07) is 13.0. The van der Waals surface area contributed by atoms with Crippen LogP contribution in [0.5, 0.6) is 0 Å². The number of halogens is 1. The van der Waals surface area contributed by atoms with Crippen molar-refractivity contribution in [3.05, 3.63) is 70.3 Å². The standard InChI is InChI=1S/C20H14ClN3O2S/c1-11-2-4-12(5-3-11)15-9-27-19-17(15)18(22-10-23-19)24-13-6-7-16(21)14(8-13)20(25)26/h2-10H,1H3,(H,25,26)(H,22,23,24). The summed E-state index contributed by atoms with van der Waals surface area (Å²) in [5.74, 6) is -0.456.